The Labute approximate surface area is 174 Å². The zero-order valence-corrected chi connectivity index (χ0v) is 16.9. The molecule has 0 bridgehead atoms. The minimum Gasteiger partial charge on any atom is -0.489 e. The summed E-state index contributed by atoms with van der Waals surface area (Å²) < 4.78 is 11.6. The summed E-state index contributed by atoms with van der Waals surface area (Å²) in [4.78, 5) is 14.7. The zero-order valence-electron chi connectivity index (χ0n) is 16.2. The molecule has 146 valence electrons. The largest absolute Gasteiger partial charge is 0.489 e. The van der Waals surface area contributed by atoms with E-state index in [1.807, 2.05) is 67.5 Å². The lowest BCUT2D eigenvalue weighted by Gasteiger charge is -2.11. The maximum absolute atomic E-state index is 12.6. The van der Waals surface area contributed by atoms with E-state index in [1.165, 1.54) is 0 Å². The minimum absolute atomic E-state index is 0.127. The second-order valence-electron chi connectivity index (χ2n) is 7.00. The van der Waals surface area contributed by atoms with E-state index in [9.17, 15) is 4.79 Å². The minimum atomic E-state index is -0.127. The van der Waals surface area contributed by atoms with Gasteiger partial charge in [0, 0.05) is 30.9 Å². The fourth-order valence-electron chi connectivity index (χ4n) is 3.07. The Balaban J connectivity index is 1.49. The van der Waals surface area contributed by atoms with Gasteiger partial charge in [-0.2, -0.15) is 0 Å². The third kappa shape index (κ3) is 4.28. The van der Waals surface area contributed by atoms with Crippen LogP contribution in [0.2, 0.25) is 5.02 Å². The van der Waals surface area contributed by atoms with Crippen LogP contribution < -0.4 is 14.4 Å². The van der Waals surface area contributed by atoms with E-state index in [1.54, 1.807) is 24.3 Å². The average Bonchev–Trinajstić information content (AvgIpc) is 3.02. The summed E-state index contributed by atoms with van der Waals surface area (Å²) in [6.07, 6.45) is 1.76. The molecule has 1 heterocycles. The second-order valence-corrected chi connectivity index (χ2v) is 7.44. The molecule has 1 aliphatic heterocycles. The smallest absolute Gasteiger partial charge is 0.231 e. The molecule has 0 N–H and O–H groups in total. The molecule has 0 radical (unpaired) electrons. The number of carbonyl (C=O) groups is 1. The molecule has 3 aromatic carbocycles. The summed E-state index contributed by atoms with van der Waals surface area (Å²) in [5.41, 5.74) is 3.51. The van der Waals surface area contributed by atoms with Crippen LogP contribution in [0.3, 0.4) is 0 Å². The van der Waals surface area contributed by atoms with Gasteiger partial charge in [-0.1, -0.05) is 35.9 Å². The molecule has 0 saturated carbocycles. The van der Waals surface area contributed by atoms with Gasteiger partial charge in [0.2, 0.25) is 5.78 Å². The first-order valence-electron chi connectivity index (χ1n) is 9.22. The number of allylic oxidation sites excluding steroid dienone is 1. The molecule has 29 heavy (non-hydrogen) atoms. The van der Waals surface area contributed by atoms with Crippen molar-refractivity contribution < 1.29 is 14.3 Å². The molecule has 4 nitrogen and oxygen atoms in total. The third-order valence-corrected chi connectivity index (χ3v) is 4.88. The number of nitrogens with zero attached hydrogens (tertiary/aromatic N) is 1. The quantitative estimate of drug-likeness (QED) is 0.518. The van der Waals surface area contributed by atoms with Crippen molar-refractivity contribution in [2.24, 2.45) is 0 Å². The van der Waals surface area contributed by atoms with Gasteiger partial charge in [0.1, 0.15) is 18.1 Å². The van der Waals surface area contributed by atoms with Crippen molar-refractivity contribution in [1.29, 1.82) is 0 Å². The molecule has 0 fully saturated rings. The normalized spacial score (nSPS) is 13.9. The number of hydrogen-bond acceptors (Lipinski definition) is 4. The van der Waals surface area contributed by atoms with Crippen LogP contribution in [0.5, 0.6) is 11.5 Å². The highest BCUT2D eigenvalue weighted by atomic mass is 35.5. The summed E-state index contributed by atoms with van der Waals surface area (Å²) in [5, 5.41) is 0.669. The molecule has 0 unspecified atom stereocenters. The number of anilines is 1. The topological polar surface area (TPSA) is 38.8 Å². The predicted octanol–water partition coefficient (Wildman–Crippen LogP) is 5.60. The molecule has 0 aliphatic carbocycles. The maximum atomic E-state index is 12.6. The Morgan fingerprint density at radius 3 is 2.55 bits per heavy atom. The van der Waals surface area contributed by atoms with Gasteiger partial charge in [-0.25, -0.2) is 0 Å². The molecule has 0 spiro atoms. The molecule has 3 aromatic rings. The van der Waals surface area contributed by atoms with Crippen molar-refractivity contribution in [2.45, 2.75) is 6.61 Å². The summed E-state index contributed by atoms with van der Waals surface area (Å²) in [7, 11) is 3.97. The number of hydrogen-bond donors (Lipinski definition) is 0. The maximum Gasteiger partial charge on any atom is 0.231 e. The fraction of sp³-hybridized carbons (Fsp3) is 0.125. The summed E-state index contributed by atoms with van der Waals surface area (Å²) in [6.45, 7) is 0.383. The fourth-order valence-corrected chi connectivity index (χ4v) is 3.28. The molecule has 1 aliphatic rings. The second kappa shape index (κ2) is 8.02. The van der Waals surface area contributed by atoms with E-state index >= 15 is 0 Å². The van der Waals surface area contributed by atoms with Crippen LogP contribution in [0, 0.1) is 0 Å². The summed E-state index contributed by atoms with van der Waals surface area (Å²) in [5.74, 6) is 1.32. The van der Waals surface area contributed by atoms with E-state index in [2.05, 4.69) is 0 Å². The Kier molecular flexibility index (Phi) is 5.28. The summed E-state index contributed by atoms with van der Waals surface area (Å²) in [6, 6.07) is 20.7. The molecular weight excluding hydrogens is 386 g/mol. The van der Waals surface area contributed by atoms with Gasteiger partial charge in [-0.05, 0) is 53.6 Å². The number of halogens is 1. The Morgan fingerprint density at radius 2 is 1.83 bits per heavy atom. The molecule has 0 saturated heterocycles. The highest BCUT2D eigenvalue weighted by Crippen LogP contribution is 2.35. The first-order valence-corrected chi connectivity index (χ1v) is 9.60. The first-order chi connectivity index (χ1) is 14.0. The molecular formula is C24H20ClNO3. The Bertz CT molecular complexity index is 1090. The van der Waals surface area contributed by atoms with Crippen molar-refractivity contribution in [3.05, 3.63) is 94.2 Å². The molecule has 0 atom stereocenters. The van der Waals surface area contributed by atoms with Gasteiger partial charge in [0.15, 0.2) is 5.76 Å². The average molecular weight is 406 g/mol. The molecule has 0 amide bonds. The number of rotatable bonds is 5. The lowest BCUT2D eigenvalue weighted by Crippen LogP contribution is -2.08. The van der Waals surface area contributed by atoms with Gasteiger partial charge in [0.25, 0.3) is 0 Å². The van der Waals surface area contributed by atoms with Gasteiger partial charge < -0.3 is 14.4 Å². The van der Waals surface area contributed by atoms with Gasteiger partial charge in [-0.3, -0.25) is 4.79 Å². The van der Waals surface area contributed by atoms with E-state index < -0.39 is 0 Å². The van der Waals surface area contributed by atoms with E-state index in [0.717, 1.165) is 16.8 Å². The third-order valence-electron chi connectivity index (χ3n) is 4.64. The number of Topliss-reactive ketones (excluding diaryl/α,β-unsaturated/α-hetero) is 1. The van der Waals surface area contributed by atoms with Crippen molar-refractivity contribution in [3.63, 3.8) is 0 Å². The van der Waals surface area contributed by atoms with E-state index in [4.69, 9.17) is 21.1 Å². The first kappa shape index (κ1) is 19.1. The highest BCUT2D eigenvalue weighted by Gasteiger charge is 2.27. The van der Waals surface area contributed by atoms with Crippen molar-refractivity contribution >= 4 is 29.1 Å². The summed E-state index contributed by atoms with van der Waals surface area (Å²) >= 11 is 6.00. The van der Waals surface area contributed by atoms with Gasteiger partial charge in [0.05, 0.1) is 5.56 Å². The molecule has 4 rings (SSSR count). The van der Waals surface area contributed by atoms with Crippen molar-refractivity contribution in [1.82, 2.24) is 0 Å². The van der Waals surface area contributed by atoms with Crippen molar-refractivity contribution in [3.8, 4) is 11.5 Å². The number of ether oxygens (including phenoxy) is 2. The van der Waals surface area contributed by atoms with Crippen LogP contribution in [-0.2, 0) is 6.61 Å². The van der Waals surface area contributed by atoms with Gasteiger partial charge in [-0.15, -0.1) is 0 Å². The highest BCUT2D eigenvalue weighted by molar-refractivity contribution is 6.30. The van der Waals surface area contributed by atoms with Crippen LogP contribution in [0.15, 0.2) is 72.5 Å². The lowest BCUT2D eigenvalue weighted by molar-refractivity contribution is 0.101. The zero-order chi connectivity index (χ0) is 20.4. The molecule has 0 aromatic heterocycles. The monoisotopic (exact) mass is 405 g/mol. The number of benzene rings is 3. The van der Waals surface area contributed by atoms with Crippen LogP contribution >= 0.6 is 11.6 Å². The Hall–Kier alpha value is -3.24. The van der Waals surface area contributed by atoms with E-state index in [0.29, 0.717) is 34.5 Å². The van der Waals surface area contributed by atoms with Gasteiger partial charge >= 0.3 is 0 Å². The van der Waals surface area contributed by atoms with Crippen LogP contribution in [0.4, 0.5) is 5.69 Å². The number of carbonyl (C=O) groups excluding carboxylic acids is 1. The van der Waals surface area contributed by atoms with Crippen LogP contribution in [-0.4, -0.2) is 19.9 Å². The Morgan fingerprint density at radius 1 is 1.03 bits per heavy atom. The van der Waals surface area contributed by atoms with Crippen molar-refractivity contribution in [2.75, 3.05) is 19.0 Å². The predicted molar refractivity (Wildman–Crippen MR) is 116 cm³/mol. The standard InChI is InChI=1S/C24H20ClNO3/c1-26(2)19-8-6-16(7-9-19)13-23-24(27)21-11-10-20(14-22(21)29-23)28-15-17-4-3-5-18(25)12-17/h3-14H,15H2,1-2H3/b23-13-. The molecule has 5 heteroatoms. The lowest BCUT2D eigenvalue weighted by atomic mass is 10.1. The SMILES string of the molecule is CN(C)c1ccc(/C=C2\Oc3cc(OCc4cccc(Cl)c4)ccc3C2=O)cc1. The number of fused-ring (bicyclic) bond motifs is 1. The number of ketones is 1. The van der Waals surface area contributed by atoms with Crippen LogP contribution in [0.25, 0.3) is 6.08 Å². The van der Waals surface area contributed by atoms with Crippen LogP contribution in [0.1, 0.15) is 21.5 Å². The van der Waals surface area contributed by atoms with E-state index in [-0.39, 0.29) is 5.78 Å².